The average Bonchev–Trinajstić information content (AvgIpc) is 2.25. The molecule has 0 saturated heterocycles. The van der Waals surface area contributed by atoms with Gasteiger partial charge in [0.2, 0.25) is 0 Å². The molecule has 5 heteroatoms. The molecule has 0 fully saturated rings. The van der Waals surface area contributed by atoms with Gasteiger partial charge in [-0.1, -0.05) is 28.1 Å². The summed E-state index contributed by atoms with van der Waals surface area (Å²) in [7, 11) is 0. The van der Waals surface area contributed by atoms with Crippen LogP contribution >= 0.6 is 15.9 Å². The molecular weight excluding hydrogens is 286 g/mol. The van der Waals surface area contributed by atoms with Gasteiger partial charge in [0.05, 0.1) is 0 Å². The van der Waals surface area contributed by atoms with Gasteiger partial charge in [0, 0.05) is 10.5 Å². The first kappa shape index (κ1) is 13.4. The minimum absolute atomic E-state index is 0.405. The first-order valence-electron chi connectivity index (χ1n) is 4.88. The molecule has 0 spiro atoms. The van der Waals surface area contributed by atoms with Gasteiger partial charge in [-0.25, -0.2) is 4.79 Å². The van der Waals surface area contributed by atoms with E-state index in [-0.39, 0.29) is 0 Å². The molecule has 0 radical (unpaired) electrons. The third-order valence-corrected chi connectivity index (χ3v) is 2.60. The predicted octanol–water partition coefficient (Wildman–Crippen LogP) is 1.80. The number of amides is 1. The summed E-state index contributed by atoms with van der Waals surface area (Å²) in [6, 6.07) is 5.74. The third kappa shape index (κ3) is 4.82. The summed E-state index contributed by atoms with van der Waals surface area (Å²) in [5, 5.41) is 0. The molecule has 0 saturated carbocycles. The van der Waals surface area contributed by atoms with E-state index in [1.54, 1.807) is 6.08 Å². The standard InChI is InChI=1S/C12H12BrNO3/c1-8-2-3-9(10(13)6-8)4-5-12(16)17-7-11(14)15/h2-6H,7H2,1H3,(H2,14,15)/b5-4+. The van der Waals surface area contributed by atoms with E-state index in [1.165, 1.54) is 6.08 Å². The quantitative estimate of drug-likeness (QED) is 0.680. The fourth-order valence-corrected chi connectivity index (χ4v) is 1.74. The summed E-state index contributed by atoms with van der Waals surface area (Å²) >= 11 is 3.38. The minimum atomic E-state index is -0.678. The Morgan fingerprint density at radius 1 is 1.47 bits per heavy atom. The zero-order valence-electron chi connectivity index (χ0n) is 9.27. The van der Waals surface area contributed by atoms with Crippen LogP contribution in [-0.2, 0) is 14.3 Å². The van der Waals surface area contributed by atoms with E-state index in [0.29, 0.717) is 0 Å². The fourth-order valence-electron chi connectivity index (χ4n) is 1.12. The fraction of sp³-hybridized carbons (Fsp3) is 0.167. The molecule has 4 nitrogen and oxygen atoms in total. The molecule has 0 bridgehead atoms. The van der Waals surface area contributed by atoms with Crippen molar-refractivity contribution in [3.63, 3.8) is 0 Å². The molecule has 17 heavy (non-hydrogen) atoms. The second-order valence-corrected chi connectivity index (χ2v) is 4.29. The SMILES string of the molecule is Cc1ccc(/C=C/C(=O)OCC(N)=O)c(Br)c1. The van der Waals surface area contributed by atoms with Crippen LogP contribution in [0.3, 0.4) is 0 Å². The molecule has 0 aliphatic rings. The number of carbonyl (C=O) groups excluding carboxylic acids is 2. The Balaban J connectivity index is 2.64. The van der Waals surface area contributed by atoms with Crippen molar-refractivity contribution < 1.29 is 14.3 Å². The van der Waals surface area contributed by atoms with Gasteiger partial charge in [-0.15, -0.1) is 0 Å². The van der Waals surface area contributed by atoms with Crippen LogP contribution in [0.15, 0.2) is 28.7 Å². The van der Waals surface area contributed by atoms with E-state index in [9.17, 15) is 9.59 Å². The zero-order valence-corrected chi connectivity index (χ0v) is 10.9. The van der Waals surface area contributed by atoms with Crippen LogP contribution in [0.5, 0.6) is 0 Å². The van der Waals surface area contributed by atoms with Crippen LogP contribution in [0.4, 0.5) is 0 Å². The van der Waals surface area contributed by atoms with Crippen molar-refractivity contribution >= 4 is 33.9 Å². The number of hydrogen-bond donors (Lipinski definition) is 1. The Hall–Kier alpha value is -1.62. The van der Waals surface area contributed by atoms with Crippen molar-refractivity contribution in [2.75, 3.05) is 6.61 Å². The smallest absolute Gasteiger partial charge is 0.331 e. The number of aryl methyl sites for hydroxylation is 1. The van der Waals surface area contributed by atoms with E-state index in [4.69, 9.17) is 5.73 Å². The number of esters is 1. The van der Waals surface area contributed by atoms with E-state index in [2.05, 4.69) is 20.7 Å². The number of nitrogens with two attached hydrogens (primary N) is 1. The Kier molecular flexibility index (Phi) is 4.90. The summed E-state index contributed by atoms with van der Waals surface area (Å²) in [6.45, 7) is 1.57. The minimum Gasteiger partial charge on any atom is -0.452 e. The van der Waals surface area contributed by atoms with Gasteiger partial charge in [-0.2, -0.15) is 0 Å². The van der Waals surface area contributed by atoms with Crippen molar-refractivity contribution in [1.29, 1.82) is 0 Å². The molecule has 0 unspecified atom stereocenters. The lowest BCUT2D eigenvalue weighted by Crippen LogP contribution is -2.19. The van der Waals surface area contributed by atoms with E-state index >= 15 is 0 Å². The first-order valence-corrected chi connectivity index (χ1v) is 5.67. The molecule has 2 N–H and O–H groups in total. The summed E-state index contributed by atoms with van der Waals surface area (Å²) in [5.74, 6) is -1.28. The summed E-state index contributed by atoms with van der Waals surface area (Å²) in [4.78, 5) is 21.5. The summed E-state index contributed by atoms with van der Waals surface area (Å²) < 4.78 is 5.46. The molecule has 0 heterocycles. The summed E-state index contributed by atoms with van der Waals surface area (Å²) in [5.41, 5.74) is 6.81. The number of carbonyl (C=O) groups is 2. The van der Waals surface area contributed by atoms with Crippen LogP contribution in [0.2, 0.25) is 0 Å². The third-order valence-electron chi connectivity index (χ3n) is 1.91. The monoisotopic (exact) mass is 297 g/mol. The van der Waals surface area contributed by atoms with Gasteiger partial charge in [-0.05, 0) is 30.2 Å². The molecule has 1 amide bonds. The number of halogens is 1. The lowest BCUT2D eigenvalue weighted by Gasteiger charge is -2.00. The predicted molar refractivity (Wildman–Crippen MR) is 68.1 cm³/mol. The van der Waals surface area contributed by atoms with Gasteiger partial charge < -0.3 is 10.5 Å². The Bertz CT molecular complexity index is 469. The molecule has 1 rings (SSSR count). The van der Waals surface area contributed by atoms with E-state index in [1.807, 2.05) is 25.1 Å². The maximum atomic E-state index is 11.2. The highest BCUT2D eigenvalue weighted by atomic mass is 79.9. The Morgan fingerprint density at radius 2 is 2.18 bits per heavy atom. The molecule has 0 aliphatic carbocycles. The maximum absolute atomic E-state index is 11.2. The van der Waals surface area contributed by atoms with Crippen LogP contribution < -0.4 is 5.73 Å². The largest absolute Gasteiger partial charge is 0.452 e. The van der Waals surface area contributed by atoms with E-state index < -0.39 is 18.5 Å². The molecule has 1 aromatic rings. The topological polar surface area (TPSA) is 69.4 Å². The Labute approximate surface area is 108 Å². The van der Waals surface area contributed by atoms with Gasteiger partial charge in [0.1, 0.15) is 0 Å². The van der Waals surface area contributed by atoms with Crippen molar-refractivity contribution in [3.8, 4) is 0 Å². The normalized spacial score (nSPS) is 10.5. The number of benzene rings is 1. The van der Waals surface area contributed by atoms with Crippen LogP contribution in [0.25, 0.3) is 6.08 Å². The number of ether oxygens (including phenoxy) is 1. The van der Waals surface area contributed by atoms with Gasteiger partial charge >= 0.3 is 5.97 Å². The van der Waals surface area contributed by atoms with Gasteiger partial charge in [-0.3, -0.25) is 4.79 Å². The second kappa shape index (κ2) is 6.20. The van der Waals surface area contributed by atoms with Gasteiger partial charge in [0.15, 0.2) is 6.61 Å². The molecular formula is C12H12BrNO3. The maximum Gasteiger partial charge on any atom is 0.331 e. The highest BCUT2D eigenvalue weighted by molar-refractivity contribution is 9.10. The lowest BCUT2D eigenvalue weighted by molar-refractivity contribution is -0.142. The number of rotatable bonds is 4. The van der Waals surface area contributed by atoms with Crippen molar-refractivity contribution in [1.82, 2.24) is 0 Å². The Morgan fingerprint density at radius 3 is 2.76 bits per heavy atom. The summed E-state index contributed by atoms with van der Waals surface area (Å²) in [6.07, 6.45) is 2.85. The second-order valence-electron chi connectivity index (χ2n) is 3.43. The van der Waals surface area contributed by atoms with Crippen molar-refractivity contribution in [2.45, 2.75) is 6.92 Å². The average molecular weight is 298 g/mol. The molecule has 90 valence electrons. The van der Waals surface area contributed by atoms with Crippen molar-refractivity contribution in [3.05, 3.63) is 39.9 Å². The van der Waals surface area contributed by atoms with Crippen LogP contribution in [0.1, 0.15) is 11.1 Å². The molecule has 0 aromatic heterocycles. The highest BCUT2D eigenvalue weighted by Gasteiger charge is 2.01. The van der Waals surface area contributed by atoms with Crippen LogP contribution in [0, 0.1) is 6.92 Å². The molecule has 0 atom stereocenters. The van der Waals surface area contributed by atoms with E-state index in [0.717, 1.165) is 15.6 Å². The number of primary amides is 1. The highest BCUT2D eigenvalue weighted by Crippen LogP contribution is 2.19. The first-order chi connectivity index (χ1) is 7.99. The molecule has 1 aromatic carbocycles. The molecule has 0 aliphatic heterocycles. The van der Waals surface area contributed by atoms with Gasteiger partial charge in [0.25, 0.3) is 5.91 Å². The van der Waals surface area contributed by atoms with Crippen molar-refractivity contribution in [2.24, 2.45) is 5.73 Å². The number of hydrogen-bond acceptors (Lipinski definition) is 3. The van der Waals surface area contributed by atoms with Crippen LogP contribution in [-0.4, -0.2) is 18.5 Å². The zero-order chi connectivity index (χ0) is 12.8. The lowest BCUT2D eigenvalue weighted by atomic mass is 10.1.